The molecular formula is C15H22N4O2. The van der Waals surface area contributed by atoms with Crippen LogP contribution in [0.3, 0.4) is 0 Å². The lowest BCUT2D eigenvalue weighted by molar-refractivity contribution is -0.126. The molecule has 2 atom stereocenters. The standard InChI is InChI=1S/C15H22N4O2/c16-9-12-4-5-13(21-12)15(20)18-14-6-3-11(10-17-14)19-7-1-2-8-19/h3,6,10,12-13H,1-2,4-5,7-9,16H2,(H,17,18,20)/t12-,13+/m1/s1. The van der Waals surface area contributed by atoms with Gasteiger partial charge in [-0.25, -0.2) is 4.98 Å². The first kappa shape index (κ1) is 14.3. The first-order valence-electron chi connectivity index (χ1n) is 7.63. The zero-order valence-corrected chi connectivity index (χ0v) is 12.1. The predicted octanol–water partition coefficient (Wildman–Crippen LogP) is 1.13. The summed E-state index contributed by atoms with van der Waals surface area (Å²) >= 11 is 0. The van der Waals surface area contributed by atoms with Gasteiger partial charge in [-0.2, -0.15) is 0 Å². The Morgan fingerprint density at radius 1 is 1.38 bits per heavy atom. The number of amides is 1. The lowest BCUT2D eigenvalue weighted by Crippen LogP contribution is -2.30. The van der Waals surface area contributed by atoms with E-state index in [1.807, 2.05) is 18.3 Å². The van der Waals surface area contributed by atoms with Gasteiger partial charge in [-0.05, 0) is 37.8 Å². The van der Waals surface area contributed by atoms with Gasteiger partial charge in [-0.3, -0.25) is 4.79 Å². The summed E-state index contributed by atoms with van der Waals surface area (Å²) in [6, 6.07) is 3.85. The van der Waals surface area contributed by atoms with Crippen LogP contribution in [0, 0.1) is 0 Å². The molecule has 0 radical (unpaired) electrons. The molecule has 0 unspecified atom stereocenters. The normalized spacial score (nSPS) is 25.3. The number of hydrogen-bond donors (Lipinski definition) is 2. The summed E-state index contributed by atoms with van der Waals surface area (Å²) in [7, 11) is 0. The molecule has 2 saturated heterocycles. The number of anilines is 2. The highest BCUT2D eigenvalue weighted by atomic mass is 16.5. The van der Waals surface area contributed by atoms with E-state index in [9.17, 15) is 4.79 Å². The second-order valence-corrected chi connectivity index (χ2v) is 5.64. The summed E-state index contributed by atoms with van der Waals surface area (Å²) in [4.78, 5) is 18.7. The molecule has 0 aromatic carbocycles. The monoisotopic (exact) mass is 290 g/mol. The molecule has 0 bridgehead atoms. The van der Waals surface area contributed by atoms with E-state index in [1.165, 1.54) is 12.8 Å². The number of hydrogen-bond acceptors (Lipinski definition) is 5. The molecular weight excluding hydrogens is 268 g/mol. The third kappa shape index (κ3) is 3.33. The van der Waals surface area contributed by atoms with Crippen LogP contribution in [0.2, 0.25) is 0 Å². The molecule has 0 saturated carbocycles. The van der Waals surface area contributed by atoms with Crippen molar-refractivity contribution in [2.45, 2.75) is 37.9 Å². The maximum Gasteiger partial charge on any atom is 0.254 e. The minimum absolute atomic E-state index is 0.00579. The number of ether oxygens (including phenoxy) is 1. The topological polar surface area (TPSA) is 80.5 Å². The van der Waals surface area contributed by atoms with Crippen molar-refractivity contribution in [1.82, 2.24) is 4.98 Å². The summed E-state index contributed by atoms with van der Waals surface area (Å²) in [5.74, 6) is 0.440. The number of nitrogens with one attached hydrogen (secondary N) is 1. The Balaban J connectivity index is 1.56. The summed E-state index contributed by atoms with van der Waals surface area (Å²) < 4.78 is 5.58. The molecule has 1 aromatic heterocycles. The molecule has 0 aliphatic carbocycles. The molecule has 3 rings (SSSR count). The van der Waals surface area contributed by atoms with Gasteiger partial charge >= 0.3 is 0 Å². The molecule has 2 aliphatic rings. The first-order valence-corrected chi connectivity index (χ1v) is 7.63. The van der Waals surface area contributed by atoms with Gasteiger partial charge in [0, 0.05) is 19.6 Å². The average molecular weight is 290 g/mol. The van der Waals surface area contributed by atoms with E-state index in [4.69, 9.17) is 10.5 Å². The lowest BCUT2D eigenvalue weighted by Gasteiger charge is -2.17. The van der Waals surface area contributed by atoms with Crippen LogP contribution in [0.4, 0.5) is 11.5 Å². The summed E-state index contributed by atoms with van der Waals surface area (Å²) in [5, 5.41) is 2.81. The van der Waals surface area contributed by atoms with Crippen molar-refractivity contribution in [1.29, 1.82) is 0 Å². The molecule has 2 aliphatic heterocycles. The van der Waals surface area contributed by atoms with Gasteiger partial charge < -0.3 is 20.7 Å². The summed E-state index contributed by atoms with van der Waals surface area (Å²) in [6.07, 6.45) is 5.46. The van der Waals surface area contributed by atoms with E-state index in [0.717, 1.165) is 31.6 Å². The second-order valence-electron chi connectivity index (χ2n) is 5.64. The van der Waals surface area contributed by atoms with Gasteiger partial charge in [0.05, 0.1) is 18.0 Å². The van der Waals surface area contributed by atoms with Crippen LogP contribution in [-0.4, -0.2) is 42.7 Å². The molecule has 1 aromatic rings. The fraction of sp³-hybridized carbons (Fsp3) is 0.600. The van der Waals surface area contributed by atoms with Crippen LogP contribution in [0.25, 0.3) is 0 Å². The van der Waals surface area contributed by atoms with Gasteiger partial charge in [0.1, 0.15) is 11.9 Å². The van der Waals surface area contributed by atoms with E-state index in [0.29, 0.717) is 12.4 Å². The van der Waals surface area contributed by atoms with Crippen LogP contribution in [0.15, 0.2) is 18.3 Å². The van der Waals surface area contributed by atoms with E-state index >= 15 is 0 Å². The SMILES string of the molecule is NC[C@H]1CC[C@@H](C(=O)Nc2ccc(N3CCCC3)cn2)O1. The Bertz CT molecular complexity index is 485. The first-order chi connectivity index (χ1) is 10.3. The van der Waals surface area contributed by atoms with Gasteiger partial charge in [0.15, 0.2) is 0 Å². The Hall–Kier alpha value is -1.66. The van der Waals surface area contributed by atoms with Gasteiger partial charge in [-0.15, -0.1) is 0 Å². The zero-order valence-electron chi connectivity index (χ0n) is 12.1. The number of nitrogens with zero attached hydrogens (tertiary/aromatic N) is 2. The third-order valence-corrected chi connectivity index (χ3v) is 4.13. The Labute approximate surface area is 124 Å². The molecule has 6 nitrogen and oxygen atoms in total. The fourth-order valence-corrected chi connectivity index (χ4v) is 2.90. The lowest BCUT2D eigenvalue weighted by atomic mass is 10.2. The summed E-state index contributed by atoms with van der Waals surface area (Å²) in [5.41, 5.74) is 6.67. The van der Waals surface area contributed by atoms with E-state index in [1.54, 1.807) is 0 Å². The van der Waals surface area contributed by atoms with Crippen LogP contribution in [0.1, 0.15) is 25.7 Å². The molecule has 2 fully saturated rings. The molecule has 6 heteroatoms. The van der Waals surface area contributed by atoms with Gasteiger partial charge in [-0.1, -0.05) is 0 Å². The van der Waals surface area contributed by atoms with Gasteiger partial charge in [0.2, 0.25) is 0 Å². The predicted molar refractivity (Wildman–Crippen MR) is 81.3 cm³/mol. The van der Waals surface area contributed by atoms with E-state index in [-0.39, 0.29) is 12.0 Å². The minimum atomic E-state index is -0.404. The highest BCUT2D eigenvalue weighted by Crippen LogP contribution is 2.22. The smallest absolute Gasteiger partial charge is 0.254 e. The minimum Gasteiger partial charge on any atom is -0.370 e. The molecule has 3 N–H and O–H groups in total. The van der Waals surface area contributed by atoms with E-state index in [2.05, 4.69) is 15.2 Å². The highest BCUT2D eigenvalue weighted by Gasteiger charge is 2.30. The van der Waals surface area contributed by atoms with Crippen LogP contribution in [0.5, 0.6) is 0 Å². The Morgan fingerprint density at radius 2 is 2.19 bits per heavy atom. The van der Waals surface area contributed by atoms with Crippen LogP contribution < -0.4 is 16.0 Å². The van der Waals surface area contributed by atoms with Crippen molar-refractivity contribution in [2.75, 3.05) is 29.9 Å². The molecule has 114 valence electrons. The molecule has 21 heavy (non-hydrogen) atoms. The number of rotatable bonds is 4. The van der Waals surface area contributed by atoms with Crippen molar-refractivity contribution in [3.05, 3.63) is 18.3 Å². The van der Waals surface area contributed by atoms with Crippen LogP contribution in [-0.2, 0) is 9.53 Å². The van der Waals surface area contributed by atoms with Crippen molar-refractivity contribution in [3.63, 3.8) is 0 Å². The van der Waals surface area contributed by atoms with Crippen LogP contribution >= 0.6 is 0 Å². The third-order valence-electron chi connectivity index (χ3n) is 4.13. The molecule has 1 amide bonds. The fourth-order valence-electron chi connectivity index (χ4n) is 2.90. The Kier molecular flexibility index (Phi) is 4.36. The second kappa shape index (κ2) is 6.41. The largest absolute Gasteiger partial charge is 0.370 e. The van der Waals surface area contributed by atoms with Gasteiger partial charge in [0.25, 0.3) is 5.91 Å². The van der Waals surface area contributed by atoms with Crippen molar-refractivity contribution >= 4 is 17.4 Å². The molecule has 0 spiro atoms. The number of carbonyl (C=O) groups excluding carboxylic acids is 1. The van der Waals surface area contributed by atoms with E-state index < -0.39 is 6.10 Å². The molecule has 3 heterocycles. The maximum atomic E-state index is 12.1. The summed E-state index contributed by atoms with van der Waals surface area (Å²) in [6.45, 7) is 2.64. The number of aromatic nitrogens is 1. The highest BCUT2D eigenvalue weighted by molar-refractivity contribution is 5.93. The van der Waals surface area contributed by atoms with Crippen molar-refractivity contribution < 1.29 is 9.53 Å². The average Bonchev–Trinajstić information content (AvgIpc) is 3.19. The van der Waals surface area contributed by atoms with Crippen molar-refractivity contribution in [3.8, 4) is 0 Å². The maximum absolute atomic E-state index is 12.1. The Morgan fingerprint density at radius 3 is 2.81 bits per heavy atom. The number of carbonyl (C=O) groups is 1. The zero-order chi connectivity index (χ0) is 14.7. The number of nitrogens with two attached hydrogens (primary N) is 1. The number of pyridine rings is 1. The quantitative estimate of drug-likeness (QED) is 0.869. The van der Waals surface area contributed by atoms with Crippen molar-refractivity contribution in [2.24, 2.45) is 5.73 Å².